The van der Waals surface area contributed by atoms with Crippen LogP contribution in [0.3, 0.4) is 0 Å². The second-order valence-electron chi connectivity index (χ2n) is 5.41. The van der Waals surface area contributed by atoms with Gasteiger partial charge in [0.25, 0.3) is 0 Å². The van der Waals surface area contributed by atoms with E-state index in [0.717, 1.165) is 17.4 Å². The lowest BCUT2D eigenvalue weighted by molar-refractivity contribution is -0.109. The number of aldehydes is 1. The predicted octanol–water partition coefficient (Wildman–Crippen LogP) is 3.41. The van der Waals surface area contributed by atoms with Crippen molar-refractivity contribution in [1.82, 2.24) is 0 Å². The van der Waals surface area contributed by atoms with Crippen molar-refractivity contribution < 1.29 is 9.59 Å². The van der Waals surface area contributed by atoms with Crippen LogP contribution in [0.2, 0.25) is 0 Å². The van der Waals surface area contributed by atoms with Crippen LogP contribution in [0.25, 0.3) is 0 Å². The molecule has 0 saturated heterocycles. The maximum Gasteiger partial charge on any atom is 0.167 e. The smallest absolute Gasteiger partial charge is 0.167 e. The summed E-state index contributed by atoms with van der Waals surface area (Å²) < 4.78 is 0. The Morgan fingerprint density at radius 2 is 1.65 bits per heavy atom. The van der Waals surface area contributed by atoms with E-state index in [9.17, 15) is 9.59 Å². The van der Waals surface area contributed by atoms with Gasteiger partial charge in [-0.25, -0.2) is 0 Å². The van der Waals surface area contributed by atoms with E-state index in [2.05, 4.69) is 0 Å². The molecule has 0 aromatic heterocycles. The van der Waals surface area contributed by atoms with Crippen molar-refractivity contribution in [3.05, 3.63) is 71.3 Å². The fourth-order valence-corrected chi connectivity index (χ4v) is 2.86. The van der Waals surface area contributed by atoms with Gasteiger partial charge in [-0.1, -0.05) is 60.2 Å². The number of benzene rings is 2. The Morgan fingerprint density at radius 3 is 2.25 bits per heavy atom. The molecule has 20 heavy (non-hydrogen) atoms. The molecule has 0 amide bonds. The molecule has 100 valence electrons. The Balaban J connectivity index is 1.85. The molecule has 0 spiro atoms. The molecule has 2 aromatic rings. The Kier molecular flexibility index (Phi) is 3.23. The third-order valence-electron chi connectivity index (χ3n) is 4.06. The predicted molar refractivity (Wildman–Crippen MR) is 77.7 cm³/mol. The molecule has 1 aliphatic rings. The highest BCUT2D eigenvalue weighted by Crippen LogP contribution is 2.54. The lowest BCUT2D eigenvalue weighted by Crippen LogP contribution is -2.04. The van der Waals surface area contributed by atoms with Crippen LogP contribution in [0.5, 0.6) is 0 Å². The molecular formula is C18H16O2. The Labute approximate surface area is 118 Å². The molecule has 0 heterocycles. The van der Waals surface area contributed by atoms with Gasteiger partial charge in [-0.15, -0.1) is 0 Å². The zero-order valence-electron chi connectivity index (χ0n) is 11.3. The molecular weight excluding hydrogens is 248 g/mol. The molecule has 0 aliphatic heterocycles. The van der Waals surface area contributed by atoms with Crippen molar-refractivity contribution in [3.8, 4) is 0 Å². The maximum atomic E-state index is 12.5. The first-order valence-corrected chi connectivity index (χ1v) is 6.83. The Bertz CT molecular complexity index is 628. The monoisotopic (exact) mass is 264 g/mol. The van der Waals surface area contributed by atoms with Crippen molar-refractivity contribution in [2.75, 3.05) is 0 Å². The summed E-state index contributed by atoms with van der Waals surface area (Å²) in [6.07, 6.45) is 0.925. The SMILES string of the molecule is Cc1ccc(C(=O)[C@@H]2[C@H](C=O)[C@H]2c2ccccc2)cc1. The molecule has 3 atom stereocenters. The molecule has 1 saturated carbocycles. The van der Waals surface area contributed by atoms with E-state index >= 15 is 0 Å². The lowest BCUT2D eigenvalue weighted by atomic mass is 10.0. The van der Waals surface area contributed by atoms with E-state index in [1.165, 1.54) is 0 Å². The van der Waals surface area contributed by atoms with Crippen molar-refractivity contribution >= 4 is 12.1 Å². The average molecular weight is 264 g/mol. The van der Waals surface area contributed by atoms with Crippen LogP contribution in [0.4, 0.5) is 0 Å². The summed E-state index contributed by atoms with van der Waals surface area (Å²) in [6.45, 7) is 1.99. The van der Waals surface area contributed by atoms with Gasteiger partial charge in [0, 0.05) is 23.3 Å². The third kappa shape index (κ3) is 2.18. The summed E-state index contributed by atoms with van der Waals surface area (Å²) in [7, 11) is 0. The highest BCUT2D eigenvalue weighted by Gasteiger charge is 2.55. The van der Waals surface area contributed by atoms with Gasteiger partial charge in [-0.2, -0.15) is 0 Å². The van der Waals surface area contributed by atoms with Crippen molar-refractivity contribution in [2.45, 2.75) is 12.8 Å². The summed E-state index contributed by atoms with van der Waals surface area (Å²) in [5.41, 5.74) is 2.91. The van der Waals surface area contributed by atoms with Gasteiger partial charge in [0.1, 0.15) is 6.29 Å². The van der Waals surface area contributed by atoms with Crippen molar-refractivity contribution in [2.24, 2.45) is 11.8 Å². The van der Waals surface area contributed by atoms with E-state index in [0.29, 0.717) is 5.56 Å². The number of ketones is 1. The summed E-state index contributed by atoms with van der Waals surface area (Å²) >= 11 is 0. The second-order valence-corrected chi connectivity index (χ2v) is 5.41. The third-order valence-corrected chi connectivity index (χ3v) is 4.06. The van der Waals surface area contributed by atoms with E-state index < -0.39 is 0 Å². The summed E-state index contributed by atoms with van der Waals surface area (Å²) in [5, 5.41) is 0. The van der Waals surface area contributed by atoms with Crippen molar-refractivity contribution in [1.29, 1.82) is 0 Å². The average Bonchev–Trinajstić information content (AvgIpc) is 3.22. The van der Waals surface area contributed by atoms with Gasteiger partial charge in [-0.05, 0) is 12.5 Å². The van der Waals surface area contributed by atoms with E-state index in [1.807, 2.05) is 61.5 Å². The number of carbonyl (C=O) groups excluding carboxylic acids is 2. The zero-order chi connectivity index (χ0) is 14.1. The standard InChI is InChI=1S/C18H16O2/c1-12-7-9-14(10-8-12)18(20)17-15(11-19)16(17)13-5-3-2-4-6-13/h2-11,15-17H,1H3/t15-,16-,17-/m1/s1. The van der Waals surface area contributed by atoms with Crippen LogP contribution < -0.4 is 0 Å². The quantitative estimate of drug-likeness (QED) is 0.626. The normalized spacial score (nSPS) is 24.1. The first-order chi connectivity index (χ1) is 9.72. The highest BCUT2D eigenvalue weighted by atomic mass is 16.1. The lowest BCUT2D eigenvalue weighted by Gasteiger charge is -2.01. The molecule has 0 bridgehead atoms. The topological polar surface area (TPSA) is 34.1 Å². The molecule has 3 rings (SSSR count). The van der Waals surface area contributed by atoms with Gasteiger partial charge in [0.2, 0.25) is 0 Å². The summed E-state index contributed by atoms with van der Waals surface area (Å²) in [5.74, 6) is -0.248. The van der Waals surface area contributed by atoms with Crippen LogP contribution in [-0.2, 0) is 4.79 Å². The van der Waals surface area contributed by atoms with E-state index in [-0.39, 0.29) is 23.5 Å². The maximum absolute atomic E-state index is 12.5. The van der Waals surface area contributed by atoms with Gasteiger partial charge < -0.3 is 4.79 Å². The minimum atomic E-state index is -0.197. The number of aryl methyl sites for hydroxylation is 1. The number of carbonyl (C=O) groups is 2. The second kappa shape index (κ2) is 5.04. The molecule has 2 nitrogen and oxygen atoms in total. The zero-order valence-corrected chi connectivity index (χ0v) is 11.3. The number of hydrogen-bond acceptors (Lipinski definition) is 2. The van der Waals surface area contributed by atoms with Crippen LogP contribution in [0.1, 0.15) is 27.4 Å². The van der Waals surface area contributed by atoms with Gasteiger partial charge in [0.15, 0.2) is 5.78 Å². The number of hydrogen-bond donors (Lipinski definition) is 0. The number of Topliss-reactive ketones (excluding diaryl/α,β-unsaturated/α-hetero) is 1. The number of rotatable bonds is 4. The minimum Gasteiger partial charge on any atom is -0.303 e. The van der Waals surface area contributed by atoms with Crippen LogP contribution in [0.15, 0.2) is 54.6 Å². The fourth-order valence-electron chi connectivity index (χ4n) is 2.86. The summed E-state index contributed by atoms with van der Waals surface area (Å²) in [4.78, 5) is 23.7. The highest BCUT2D eigenvalue weighted by molar-refractivity contribution is 6.03. The largest absolute Gasteiger partial charge is 0.303 e. The molecule has 1 aliphatic carbocycles. The Morgan fingerprint density at radius 1 is 1.00 bits per heavy atom. The first-order valence-electron chi connectivity index (χ1n) is 6.83. The molecule has 0 radical (unpaired) electrons. The molecule has 2 heteroatoms. The van der Waals surface area contributed by atoms with Gasteiger partial charge >= 0.3 is 0 Å². The molecule has 0 unspecified atom stereocenters. The Hall–Kier alpha value is -2.22. The van der Waals surface area contributed by atoms with Gasteiger partial charge in [-0.3, -0.25) is 4.79 Å². The van der Waals surface area contributed by atoms with Gasteiger partial charge in [0.05, 0.1) is 0 Å². The molecule has 0 N–H and O–H groups in total. The fraction of sp³-hybridized carbons (Fsp3) is 0.222. The summed E-state index contributed by atoms with van der Waals surface area (Å²) in [6, 6.07) is 17.4. The van der Waals surface area contributed by atoms with E-state index in [1.54, 1.807) is 0 Å². The van der Waals surface area contributed by atoms with Crippen LogP contribution in [0, 0.1) is 18.8 Å². The van der Waals surface area contributed by atoms with E-state index in [4.69, 9.17) is 0 Å². The van der Waals surface area contributed by atoms with Crippen molar-refractivity contribution in [3.63, 3.8) is 0 Å². The van der Waals surface area contributed by atoms with Crippen LogP contribution >= 0.6 is 0 Å². The first kappa shape index (κ1) is 12.8. The van der Waals surface area contributed by atoms with Crippen LogP contribution in [-0.4, -0.2) is 12.1 Å². The molecule has 2 aromatic carbocycles. The minimum absolute atomic E-state index is 0.0440. The molecule has 1 fully saturated rings.